The van der Waals surface area contributed by atoms with Crippen molar-refractivity contribution in [3.8, 4) is 0 Å². The van der Waals surface area contributed by atoms with E-state index in [2.05, 4.69) is 20.6 Å². The topological polar surface area (TPSA) is 53.7 Å². The van der Waals surface area contributed by atoms with Crippen molar-refractivity contribution >= 4 is 46.2 Å². The maximum atomic E-state index is 13.2. The number of nitrogens with one attached hydrogen (secondary N) is 2. The van der Waals surface area contributed by atoms with E-state index in [1.807, 2.05) is 35.2 Å². The van der Waals surface area contributed by atoms with Crippen LogP contribution in [-0.2, 0) is 13.1 Å². The Hall–Kier alpha value is -1.68. The second-order valence-electron chi connectivity index (χ2n) is 5.00. The van der Waals surface area contributed by atoms with Gasteiger partial charge in [-0.3, -0.25) is 4.40 Å². The van der Waals surface area contributed by atoms with Crippen molar-refractivity contribution in [2.45, 2.75) is 20.0 Å². The summed E-state index contributed by atoms with van der Waals surface area (Å²) in [5.74, 6) is 0.446. The van der Waals surface area contributed by atoms with Crippen LogP contribution in [0.5, 0.6) is 0 Å². The zero-order chi connectivity index (χ0) is 16.1. The molecule has 0 fully saturated rings. The Morgan fingerprint density at radius 3 is 3.00 bits per heavy atom. The number of aliphatic imine (C=N–C) groups is 1. The van der Waals surface area contributed by atoms with Crippen LogP contribution in [-0.4, -0.2) is 21.9 Å². The summed E-state index contributed by atoms with van der Waals surface area (Å²) < 4.78 is 15.2. The first-order valence-corrected chi connectivity index (χ1v) is 8.30. The van der Waals surface area contributed by atoms with Crippen molar-refractivity contribution in [1.29, 1.82) is 0 Å². The standard InChI is InChI=1S/C16H18FN5S.HI/c1-2-18-15(19-9-12-4-3-5-13(17)8-12)20-10-14-11-22-6-7-23-16(22)21-14;/h3-8,11H,2,9-10H2,1H3,(H2,18,19,20);1H. The summed E-state index contributed by atoms with van der Waals surface area (Å²) in [5, 5.41) is 8.43. The van der Waals surface area contributed by atoms with Crippen molar-refractivity contribution < 1.29 is 4.39 Å². The molecule has 2 heterocycles. The SMILES string of the molecule is CCNC(=NCc1cccc(F)c1)NCc1cn2ccsc2n1.I. The Morgan fingerprint density at radius 1 is 1.38 bits per heavy atom. The zero-order valence-electron chi connectivity index (χ0n) is 13.2. The van der Waals surface area contributed by atoms with Crippen molar-refractivity contribution in [3.63, 3.8) is 0 Å². The van der Waals surface area contributed by atoms with E-state index in [0.29, 0.717) is 19.0 Å². The number of hydrogen-bond donors (Lipinski definition) is 2. The fraction of sp³-hybridized carbons (Fsp3) is 0.250. The number of thiazole rings is 1. The van der Waals surface area contributed by atoms with E-state index in [4.69, 9.17) is 0 Å². The molecule has 2 aromatic heterocycles. The molecular formula is C16H19FIN5S. The molecule has 0 aliphatic carbocycles. The van der Waals surface area contributed by atoms with Crippen molar-refractivity contribution in [2.24, 2.45) is 4.99 Å². The second-order valence-corrected chi connectivity index (χ2v) is 5.88. The number of benzene rings is 1. The maximum Gasteiger partial charge on any atom is 0.193 e. The minimum Gasteiger partial charge on any atom is -0.357 e. The molecule has 0 radical (unpaired) electrons. The average Bonchev–Trinajstić information content (AvgIpc) is 3.11. The quantitative estimate of drug-likeness (QED) is 0.350. The molecule has 0 aliphatic heterocycles. The molecule has 2 N–H and O–H groups in total. The highest BCUT2D eigenvalue weighted by atomic mass is 127. The van der Waals surface area contributed by atoms with E-state index in [1.165, 1.54) is 12.1 Å². The zero-order valence-corrected chi connectivity index (χ0v) is 16.3. The smallest absolute Gasteiger partial charge is 0.193 e. The third-order valence-corrected chi connectivity index (χ3v) is 4.00. The minimum atomic E-state index is -0.242. The predicted molar refractivity (Wildman–Crippen MR) is 107 cm³/mol. The van der Waals surface area contributed by atoms with E-state index < -0.39 is 0 Å². The largest absolute Gasteiger partial charge is 0.357 e. The number of imidazole rings is 1. The molecule has 3 rings (SSSR count). The molecule has 8 heteroatoms. The minimum absolute atomic E-state index is 0. The first-order chi connectivity index (χ1) is 11.2. The van der Waals surface area contributed by atoms with Crippen molar-refractivity contribution in [2.75, 3.05) is 6.54 Å². The van der Waals surface area contributed by atoms with Gasteiger partial charge in [0.15, 0.2) is 10.9 Å². The summed E-state index contributed by atoms with van der Waals surface area (Å²) in [4.78, 5) is 9.97. The Kier molecular flexibility index (Phi) is 6.98. The summed E-state index contributed by atoms with van der Waals surface area (Å²) in [6.45, 7) is 3.77. The van der Waals surface area contributed by atoms with Gasteiger partial charge in [-0.15, -0.1) is 35.3 Å². The van der Waals surface area contributed by atoms with E-state index in [-0.39, 0.29) is 29.8 Å². The van der Waals surface area contributed by atoms with Gasteiger partial charge in [0.05, 0.1) is 18.8 Å². The average molecular weight is 459 g/mol. The monoisotopic (exact) mass is 459 g/mol. The lowest BCUT2D eigenvalue weighted by molar-refractivity contribution is 0.625. The molecule has 0 spiro atoms. The van der Waals surface area contributed by atoms with Crippen LogP contribution >= 0.6 is 35.3 Å². The third kappa shape index (κ3) is 4.91. The van der Waals surface area contributed by atoms with Gasteiger partial charge in [0.1, 0.15) is 5.82 Å². The molecule has 128 valence electrons. The maximum absolute atomic E-state index is 13.2. The summed E-state index contributed by atoms with van der Waals surface area (Å²) >= 11 is 1.60. The molecule has 0 saturated heterocycles. The molecule has 0 atom stereocenters. The number of aromatic nitrogens is 2. The van der Waals surface area contributed by atoms with Crippen LogP contribution in [0.3, 0.4) is 0 Å². The highest BCUT2D eigenvalue weighted by Gasteiger charge is 2.04. The van der Waals surface area contributed by atoms with Gasteiger partial charge in [-0.25, -0.2) is 14.4 Å². The molecule has 3 aromatic rings. The fourth-order valence-electron chi connectivity index (χ4n) is 2.18. The highest BCUT2D eigenvalue weighted by Crippen LogP contribution is 2.11. The number of halogens is 2. The van der Waals surface area contributed by atoms with Crippen LogP contribution in [0.2, 0.25) is 0 Å². The van der Waals surface area contributed by atoms with Crippen LogP contribution in [0.15, 0.2) is 47.0 Å². The van der Waals surface area contributed by atoms with Crippen molar-refractivity contribution in [1.82, 2.24) is 20.0 Å². The first kappa shape index (κ1) is 18.7. The Balaban J connectivity index is 0.00000208. The molecule has 5 nitrogen and oxygen atoms in total. The highest BCUT2D eigenvalue weighted by molar-refractivity contribution is 14.0. The Bertz CT molecular complexity index is 785. The van der Waals surface area contributed by atoms with Gasteiger partial charge in [-0.2, -0.15) is 0 Å². The third-order valence-electron chi connectivity index (χ3n) is 3.23. The van der Waals surface area contributed by atoms with Gasteiger partial charge in [-0.05, 0) is 24.6 Å². The fourth-order valence-corrected chi connectivity index (χ4v) is 2.90. The molecule has 0 bridgehead atoms. The predicted octanol–water partition coefficient (Wildman–Crippen LogP) is 3.41. The summed E-state index contributed by atoms with van der Waals surface area (Å²) in [6, 6.07) is 6.48. The number of hydrogen-bond acceptors (Lipinski definition) is 3. The van der Waals surface area contributed by atoms with Crippen LogP contribution in [0.25, 0.3) is 4.96 Å². The van der Waals surface area contributed by atoms with Gasteiger partial charge >= 0.3 is 0 Å². The lowest BCUT2D eigenvalue weighted by Crippen LogP contribution is -2.36. The van der Waals surface area contributed by atoms with Gasteiger partial charge in [-0.1, -0.05) is 12.1 Å². The molecule has 0 aliphatic rings. The number of guanidine groups is 1. The first-order valence-electron chi connectivity index (χ1n) is 7.42. The Morgan fingerprint density at radius 2 is 2.25 bits per heavy atom. The summed E-state index contributed by atoms with van der Waals surface area (Å²) in [7, 11) is 0. The van der Waals surface area contributed by atoms with Crippen molar-refractivity contribution in [3.05, 3.63) is 59.1 Å². The molecule has 0 saturated carbocycles. The van der Waals surface area contributed by atoms with Crippen LogP contribution < -0.4 is 10.6 Å². The van der Waals surface area contributed by atoms with E-state index in [0.717, 1.165) is 22.8 Å². The molecule has 24 heavy (non-hydrogen) atoms. The van der Waals surface area contributed by atoms with Gasteiger partial charge in [0.25, 0.3) is 0 Å². The van der Waals surface area contributed by atoms with Gasteiger partial charge in [0, 0.05) is 24.3 Å². The number of nitrogens with zero attached hydrogens (tertiary/aromatic N) is 3. The van der Waals surface area contributed by atoms with Gasteiger partial charge < -0.3 is 10.6 Å². The summed E-state index contributed by atoms with van der Waals surface area (Å²) in [5.41, 5.74) is 1.79. The van der Waals surface area contributed by atoms with E-state index in [9.17, 15) is 4.39 Å². The summed E-state index contributed by atoms with van der Waals surface area (Å²) in [6.07, 6.45) is 3.98. The van der Waals surface area contributed by atoms with Gasteiger partial charge in [0.2, 0.25) is 0 Å². The molecule has 1 aromatic carbocycles. The van der Waals surface area contributed by atoms with Crippen LogP contribution in [0, 0.1) is 5.82 Å². The van der Waals surface area contributed by atoms with Crippen LogP contribution in [0.1, 0.15) is 18.2 Å². The lowest BCUT2D eigenvalue weighted by Gasteiger charge is -2.10. The Labute approximate surface area is 161 Å². The van der Waals surface area contributed by atoms with E-state index >= 15 is 0 Å². The van der Waals surface area contributed by atoms with E-state index in [1.54, 1.807) is 17.4 Å². The normalized spacial score (nSPS) is 11.3. The number of fused-ring (bicyclic) bond motifs is 1. The molecule has 0 amide bonds. The molecule has 0 unspecified atom stereocenters. The number of rotatable bonds is 5. The molecular weight excluding hydrogens is 440 g/mol. The second kappa shape index (κ2) is 8.97. The van der Waals surface area contributed by atoms with Crippen LogP contribution in [0.4, 0.5) is 4.39 Å². The lowest BCUT2D eigenvalue weighted by atomic mass is 10.2.